The monoisotopic (exact) mass is 194 g/mol. The van der Waals surface area contributed by atoms with E-state index in [1.165, 1.54) is 19.4 Å². The van der Waals surface area contributed by atoms with Gasteiger partial charge in [0.05, 0.1) is 5.69 Å². The molecule has 1 aliphatic rings. The molecular formula is C11H18N2O. The van der Waals surface area contributed by atoms with Gasteiger partial charge >= 0.3 is 0 Å². The van der Waals surface area contributed by atoms with Crippen LogP contribution in [0, 0.1) is 6.92 Å². The SMILES string of the molecule is Cc1nc(CCN2CCC[C@H]2C)co1. The van der Waals surface area contributed by atoms with E-state index in [0.29, 0.717) is 0 Å². The lowest BCUT2D eigenvalue weighted by molar-refractivity contribution is 0.271. The molecule has 2 heterocycles. The van der Waals surface area contributed by atoms with Crippen LogP contribution >= 0.6 is 0 Å². The van der Waals surface area contributed by atoms with Crippen LogP contribution in [-0.4, -0.2) is 29.0 Å². The quantitative estimate of drug-likeness (QED) is 0.737. The molecule has 0 N–H and O–H groups in total. The second-order valence-electron chi connectivity index (χ2n) is 4.14. The lowest BCUT2D eigenvalue weighted by atomic mass is 10.2. The highest BCUT2D eigenvalue weighted by Crippen LogP contribution is 2.16. The molecule has 0 spiro atoms. The number of nitrogens with zero attached hydrogens (tertiary/aromatic N) is 2. The fourth-order valence-electron chi connectivity index (χ4n) is 2.11. The zero-order valence-corrected chi connectivity index (χ0v) is 8.99. The van der Waals surface area contributed by atoms with Crippen LogP contribution in [-0.2, 0) is 6.42 Å². The van der Waals surface area contributed by atoms with Crippen molar-refractivity contribution in [2.75, 3.05) is 13.1 Å². The van der Waals surface area contributed by atoms with E-state index in [2.05, 4.69) is 16.8 Å². The van der Waals surface area contributed by atoms with Gasteiger partial charge in [-0.15, -0.1) is 0 Å². The zero-order valence-electron chi connectivity index (χ0n) is 8.99. The first-order chi connectivity index (χ1) is 6.75. The van der Waals surface area contributed by atoms with Gasteiger partial charge in [-0.05, 0) is 26.3 Å². The van der Waals surface area contributed by atoms with Gasteiger partial charge in [-0.3, -0.25) is 0 Å². The first-order valence-electron chi connectivity index (χ1n) is 5.41. The van der Waals surface area contributed by atoms with Crippen LogP contribution < -0.4 is 0 Å². The van der Waals surface area contributed by atoms with Crippen molar-refractivity contribution >= 4 is 0 Å². The minimum atomic E-state index is 0.753. The first kappa shape index (κ1) is 9.71. The molecule has 1 fully saturated rings. The molecule has 0 amide bonds. The minimum Gasteiger partial charge on any atom is -0.449 e. The van der Waals surface area contributed by atoms with Crippen molar-refractivity contribution in [1.29, 1.82) is 0 Å². The number of likely N-dealkylation sites (tertiary alicyclic amines) is 1. The molecule has 78 valence electrons. The van der Waals surface area contributed by atoms with Crippen molar-refractivity contribution in [2.45, 2.75) is 39.2 Å². The summed E-state index contributed by atoms with van der Waals surface area (Å²) in [5, 5.41) is 0. The molecule has 3 heteroatoms. The number of aryl methyl sites for hydroxylation is 1. The zero-order chi connectivity index (χ0) is 9.97. The minimum absolute atomic E-state index is 0.753. The Morgan fingerprint density at radius 1 is 1.64 bits per heavy atom. The van der Waals surface area contributed by atoms with E-state index in [4.69, 9.17) is 4.42 Å². The van der Waals surface area contributed by atoms with Gasteiger partial charge in [-0.1, -0.05) is 0 Å². The summed E-state index contributed by atoms with van der Waals surface area (Å²) < 4.78 is 5.18. The summed E-state index contributed by atoms with van der Waals surface area (Å²) in [6.07, 6.45) is 5.48. The third-order valence-electron chi connectivity index (χ3n) is 3.01. The average molecular weight is 194 g/mol. The van der Waals surface area contributed by atoms with Gasteiger partial charge in [0.15, 0.2) is 5.89 Å². The second-order valence-corrected chi connectivity index (χ2v) is 4.14. The van der Waals surface area contributed by atoms with Crippen molar-refractivity contribution in [1.82, 2.24) is 9.88 Å². The van der Waals surface area contributed by atoms with Crippen molar-refractivity contribution in [3.8, 4) is 0 Å². The molecular weight excluding hydrogens is 176 g/mol. The molecule has 0 radical (unpaired) electrons. The maximum absolute atomic E-state index is 5.18. The summed E-state index contributed by atoms with van der Waals surface area (Å²) >= 11 is 0. The molecule has 1 saturated heterocycles. The van der Waals surface area contributed by atoms with Crippen LogP contribution in [0.5, 0.6) is 0 Å². The molecule has 0 unspecified atom stereocenters. The Morgan fingerprint density at radius 3 is 3.07 bits per heavy atom. The van der Waals surface area contributed by atoms with Crippen LogP contribution in [0.25, 0.3) is 0 Å². The van der Waals surface area contributed by atoms with Gasteiger partial charge in [0.25, 0.3) is 0 Å². The van der Waals surface area contributed by atoms with E-state index in [0.717, 1.165) is 30.6 Å². The Labute approximate surface area is 85.1 Å². The maximum Gasteiger partial charge on any atom is 0.191 e. The standard InChI is InChI=1S/C11H18N2O/c1-9-4-3-6-13(9)7-5-11-8-14-10(2)12-11/h8-9H,3-7H2,1-2H3/t9-/m1/s1. The van der Waals surface area contributed by atoms with Gasteiger partial charge < -0.3 is 9.32 Å². The van der Waals surface area contributed by atoms with Crippen LogP contribution in [0.3, 0.4) is 0 Å². The van der Waals surface area contributed by atoms with E-state index in [1.54, 1.807) is 6.26 Å². The average Bonchev–Trinajstić information content (AvgIpc) is 2.72. The van der Waals surface area contributed by atoms with Gasteiger partial charge in [0.1, 0.15) is 6.26 Å². The molecule has 1 aromatic heterocycles. The number of hydrogen-bond acceptors (Lipinski definition) is 3. The summed E-state index contributed by atoms with van der Waals surface area (Å²) in [5.74, 6) is 0.773. The van der Waals surface area contributed by atoms with Gasteiger partial charge in [0, 0.05) is 25.9 Å². The highest BCUT2D eigenvalue weighted by atomic mass is 16.3. The molecule has 1 aromatic rings. The van der Waals surface area contributed by atoms with Crippen LogP contribution in [0.4, 0.5) is 0 Å². The summed E-state index contributed by atoms with van der Waals surface area (Å²) in [6, 6.07) is 0.753. The van der Waals surface area contributed by atoms with Gasteiger partial charge in [-0.2, -0.15) is 0 Å². The molecule has 0 bridgehead atoms. The van der Waals surface area contributed by atoms with Crippen molar-refractivity contribution in [3.63, 3.8) is 0 Å². The molecule has 2 rings (SSSR count). The summed E-state index contributed by atoms with van der Waals surface area (Å²) in [7, 11) is 0. The number of oxazole rings is 1. The third kappa shape index (κ3) is 2.15. The Morgan fingerprint density at radius 2 is 2.50 bits per heavy atom. The van der Waals surface area contributed by atoms with Crippen molar-refractivity contribution in [3.05, 3.63) is 17.8 Å². The Kier molecular flexibility index (Phi) is 2.87. The van der Waals surface area contributed by atoms with Gasteiger partial charge in [-0.25, -0.2) is 4.98 Å². The van der Waals surface area contributed by atoms with Crippen molar-refractivity contribution in [2.24, 2.45) is 0 Å². The largest absolute Gasteiger partial charge is 0.449 e. The highest BCUT2D eigenvalue weighted by Gasteiger charge is 2.19. The summed E-state index contributed by atoms with van der Waals surface area (Å²) in [4.78, 5) is 6.84. The lowest BCUT2D eigenvalue weighted by Crippen LogP contribution is -2.29. The Hall–Kier alpha value is -0.830. The fourth-order valence-corrected chi connectivity index (χ4v) is 2.11. The number of aromatic nitrogens is 1. The molecule has 0 aliphatic carbocycles. The van der Waals surface area contributed by atoms with Crippen LogP contribution in [0.1, 0.15) is 31.4 Å². The third-order valence-corrected chi connectivity index (χ3v) is 3.01. The predicted octanol–water partition coefficient (Wildman–Crippen LogP) is 2.01. The smallest absolute Gasteiger partial charge is 0.191 e. The van der Waals surface area contributed by atoms with Crippen LogP contribution in [0.15, 0.2) is 10.7 Å². The van der Waals surface area contributed by atoms with Crippen LogP contribution in [0.2, 0.25) is 0 Å². The molecule has 1 atom stereocenters. The van der Waals surface area contributed by atoms with E-state index in [1.807, 2.05) is 6.92 Å². The molecule has 1 aliphatic heterocycles. The topological polar surface area (TPSA) is 29.3 Å². The Bertz CT molecular complexity index is 295. The molecule has 0 saturated carbocycles. The van der Waals surface area contributed by atoms with E-state index in [-0.39, 0.29) is 0 Å². The summed E-state index contributed by atoms with van der Waals surface area (Å²) in [5.41, 5.74) is 1.08. The highest BCUT2D eigenvalue weighted by molar-refractivity contribution is 4.96. The van der Waals surface area contributed by atoms with Crippen molar-refractivity contribution < 1.29 is 4.42 Å². The van der Waals surface area contributed by atoms with E-state index < -0.39 is 0 Å². The summed E-state index contributed by atoms with van der Waals surface area (Å²) in [6.45, 7) is 6.56. The van der Waals surface area contributed by atoms with E-state index in [9.17, 15) is 0 Å². The Balaban J connectivity index is 1.82. The predicted molar refractivity (Wildman–Crippen MR) is 55.2 cm³/mol. The molecule has 14 heavy (non-hydrogen) atoms. The second kappa shape index (κ2) is 4.13. The lowest BCUT2D eigenvalue weighted by Gasteiger charge is -2.19. The molecule has 3 nitrogen and oxygen atoms in total. The van der Waals surface area contributed by atoms with Gasteiger partial charge in [0.2, 0.25) is 0 Å². The number of hydrogen-bond donors (Lipinski definition) is 0. The first-order valence-corrected chi connectivity index (χ1v) is 5.41. The van der Waals surface area contributed by atoms with E-state index >= 15 is 0 Å². The normalized spacial score (nSPS) is 23.1. The number of rotatable bonds is 3. The fraction of sp³-hybridized carbons (Fsp3) is 0.727. The molecule has 0 aromatic carbocycles. The maximum atomic E-state index is 5.18.